The second-order valence-corrected chi connectivity index (χ2v) is 10.5. The van der Waals surface area contributed by atoms with Crippen molar-refractivity contribution in [1.82, 2.24) is 14.7 Å². The van der Waals surface area contributed by atoms with Gasteiger partial charge in [0.15, 0.2) is 0 Å². The van der Waals surface area contributed by atoms with E-state index in [-0.39, 0.29) is 23.5 Å². The molecule has 0 N–H and O–H groups in total. The normalized spacial score (nSPS) is 16.9. The number of methoxy groups -OCH3 is 1. The maximum absolute atomic E-state index is 16.1. The van der Waals surface area contributed by atoms with E-state index in [1.807, 2.05) is 46.1 Å². The highest BCUT2D eigenvalue weighted by Crippen LogP contribution is 2.40. The van der Waals surface area contributed by atoms with Crippen LogP contribution in [0.25, 0.3) is 11.1 Å². The van der Waals surface area contributed by atoms with E-state index in [9.17, 15) is 9.59 Å². The van der Waals surface area contributed by atoms with Gasteiger partial charge in [-0.2, -0.15) is 5.10 Å². The first kappa shape index (κ1) is 25.9. The van der Waals surface area contributed by atoms with E-state index < -0.39 is 0 Å². The van der Waals surface area contributed by atoms with Gasteiger partial charge in [-0.05, 0) is 55.0 Å². The third kappa shape index (κ3) is 4.91. The van der Waals surface area contributed by atoms with E-state index in [4.69, 9.17) is 9.84 Å². The molecule has 0 bridgehead atoms. The van der Waals surface area contributed by atoms with Crippen LogP contribution >= 0.6 is 0 Å². The van der Waals surface area contributed by atoms with Crippen LogP contribution in [0.1, 0.15) is 55.8 Å². The molecular formula is C30H35FN4O3. The third-order valence-electron chi connectivity index (χ3n) is 8.25. The van der Waals surface area contributed by atoms with Crippen LogP contribution in [0.5, 0.6) is 5.75 Å². The van der Waals surface area contributed by atoms with E-state index in [2.05, 4.69) is 6.92 Å². The van der Waals surface area contributed by atoms with Crippen molar-refractivity contribution in [3.8, 4) is 16.9 Å². The SMILES string of the molecule is COc1ccc(Cn2cc(-c3ccc4c(c3F)CCC(=O)N4C)c(C(C)C3CCN(C(C)=O)CC3)n2)cc1. The number of hydrogen-bond acceptors (Lipinski definition) is 4. The Morgan fingerprint density at radius 2 is 1.82 bits per heavy atom. The molecule has 3 aromatic rings. The lowest BCUT2D eigenvalue weighted by atomic mass is 9.81. The van der Waals surface area contributed by atoms with Crippen molar-refractivity contribution in [3.63, 3.8) is 0 Å². The highest BCUT2D eigenvalue weighted by molar-refractivity contribution is 5.96. The zero-order valence-electron chi connectivity index (χ0n) is 22.5. The summed E-state index contributed by atoms with van der Waals surface area (Å²) >= 11 is 0. The lowest BCUT2D eigenvalue weighted by Crippen LogP contribution is -2.38. The van der Waals surface area contributed by atoms with E-state index >= 15 is 4.39 Å². The Balaban J connectivity index is 1.51. The molecule has 200 valence electrons. The van der Waals surface area contributed by atoms with Gasteiger partial charge in [-0.3, -0.25) is 14.3 Å². The van der Waals surface area contributed by atoms with Crippen LogP contribution in [0.15, 0.2) is 42.6 Å². The summed E-state index contributed by atoms with van der Waals surface area (Å²) in [6.07, 6.45) is 4.44. The molecule has 2 aromatic carbocycles. The van der Waals surface area contributed by atoms with Gasteiger partial charge < -0.3 is 14.5 Å². The molecule has 1 atom stereocenters. The summed E-state index contributed by atoms with van der Waals surface area (Å²) in [4.78, 5) is 27.5. The van der Waals surface area contributed by atoms with E-state index in [0.717, 1.165) is 48.5 Å². The Hall–Kier alpha value is -3.68. The summed E-state index contributed by atoms with van der Waals surface area (Å²) in [7, 11) is 3.34. The predicted molar refractivity (Wildman–Crippen MR) is 145 cm³/mol. The molecule has 0 saturated carbocycles. The molecule has 8 heteroatoms. The highest BCUT2D eigenvalue weighted by atomic mass is 19.1. The molecule has 1 saturated heterocycles. The number of nitrogens with zero attached hydrogens (tertiary/aromatic N) is 4. The minimum Gasteiger partial charge on any atom is -0.497 e. The minimum absolute atomic E-state index is 0.00294. The number of benzene rings is 2. The summed E-state index contributed by atoms with van der Waals surface area (Å²) in [5.41, 5.74) is 4.48. The van der Waals surface area contributed by atoms with Crippen LogP contribution in [0.2, 0.25) is 0 Å². The summed E-state index contributed by atoms with van der Waals surface area (Å²) in [5, 5.41) is 5.01. The van der Waals surface area contributed by atoms with Crippen molar-refractivity contribution in [2.45, 2.75) is 52.0 Å². The van der Waals surface area contributed by atoms with E-state index in [1.54, 1.807) is 32.0 Å². The van der Waals surface area contributed by atoms with Crippen LogP contribution in [0.4, 0.5) is 10.1 Å². The lowest BCUT2D eigenvalue weighted by Gasteiger charge is -2.34. The van der Waals surface area contributed by atoms with Gasteiger partial charge in [0, 0.05) is 68.0 Å². The van der Waals surface area contributed by atoms with Crippen molar-refractivity contribution in [2.24, 2.45) is 5.92 Å². The number of amides is 2. The van der Waals surface area contributed by atoms with Crippen molar-refractivity contribution in [3.05, 3.63) is 65.2 Å². The molecule has 0 aliphatic carbocycles. The van der Waals surface area contributed by atoms with Crippen LogP contribution < -0.4 is 9.64 Å². The molecule has 3 heterocycles. The Bertz CT molecular complexity index is 1340. The fraction of sp³-hybridized carbons (Fsp3) is 0.433. The van der Waals surface area contributed by atoms with Crippen LogP contribution in [-0.2, 0) is 22.6 Å². The molecule has 1 unspecified atom stereocenters. The van der Waals surface area contributed by atoms with Gasteiger partial charge in [-0.15, -0.1) is 0 Å². The fourth-order valence-corrected chi connectivity index (χ4v) is 5.82. The number of ether oxygens (including phenoxy) is 1. The molecule has 2 aliphatic heterocycles. The Labute approximate surface area is 223 Å². The topological polar surface area (TPSA) is 67.7 Å². The predicted octanol–water partition coefficient (Wildman–Crippen LogP) is 5.02. The molecule has 1 aromatic heterocycles. The maximum Gasteiger partial charge on any atom is 0.227 e. The number of halogens is 1. The van der Waals surface area contributed by atoms with Gasteiger partial charge in [-0.25, -0.2) is 4.39 Å². The van der Waals surface area contributed by atoms with E-state index in [1.165, 1.54) is 0 Å². The molecule has 38 heavy (non-hydrogen) atoms. The highest BCUT2D eigenvalue weighted by Gasteiger charge is 2.31. The monoisotopic (exact) mass is 518 g/mol. The lowest BCUT2D eigenvalue weighted by molar-refractivity contribution is -0.130. The summed E-state index contributed by atoms with van der Waals surface area (Å²) in [6, 6.07) is 11.5. The number of hydrogen-bond donors (Lipinski definition) is 0. The van der Waals surface area contributed by atoms with Gasteiger partial charge in [0.1, 0.15) is 11.6 Å². The molecule has 7 nitrogen and oxygen atoms in total. The third-order valence-corrected chi connectivity index (χ3v) is 8.25. The van der Waals surface area contributed by atoms with E-state index in [0.29, 0.717) is 42.1 Å². The van der Waals surface area contributed by atoms with Crippen LogP contribution in [-0.4, -0.2) is 53.7 Å². The van der Waals surface area contributed by atoms with Gasteiger partial charge in [0.25, 0.3) is 0 Å². The minimum atomic E-state index is -0.273. The molecule has 2 amide bonds. The fourth-order valence-electron chi connectivity index (χ4n) is 5.82. The number of carbonyl (C=O) groups is 2. The second kappa shape index (κ2) is 10.6. The summed E-state index contributed by atoms with van der Waals surface area (Å²) in [6.45, 7) is 5.81. The van der Waals surface area contributed by atoms with Crippen molar-refractivity contribution in [1.29, 1.82) is 0 Å². The summed E-state index contributed by atoms with van der Waals surface area (Å²) < 4.78 is 23.2. The molecule has 5 rings (SSSR count). The first-order chi connectivity index (χ1) is 18.3. The number of anilines is 1. The average Bonchev–Trinajstić information content (AvgIpc) is 3.34. The smallest absolute Gasteiger partial charge is 0.227 e. The number of piperidine rings is 1. The Morgan fingerprint density at radius 1 is 1.11 bits per heavy atom. The van der Waals surface area contributed by atoms with Crippen LogP contribution in [0, 0.1) is 11.7 Å². The first-order valence-corrected chi connectivity index (χ1v) is 13.3. The number of likely N-dealkylation sites (tertiary alicyclic amines) is 1. The number of rotatable bonds is 6. The number of aromatic nitrogens is 2. The largest absolute Gasteiger partial charge is 0.497 e. The molecule has 2 aliphatic rings. The quantitative estimate of drug-likeness (QED) is 0.460. The molecule has 0 spiro atoms. The van der Waals surface area contributed by atoms with Crippen molar-refractivity contribution < 1.29 is 18.7 Å². The maximum atomic E-state index is 16.1. The molecule has 1 fully saturated rings. The average molecular weight is 519 g/mol. The van der Waals surface area contributed by atoms with Crippen molar-refractivity contribution >= 4 is 17.5 Å². The van der Waals surface area contributed by atoms with Crippen LogP contribution in [0.3, 0.4) is 0 Å². The summed E-state index contributed by atoms with van der Waals surface area (Å²) in [5.74, 6) is 1.07. The number of carbonyl (C=O) groups excluding carboxylic acids is 2. The Morgan fingerprint density at radius 3 is 2.47 bits per heavy atom. The van der Waals surface area contributed by atoms with Crippen molar-refractivity contribution in [2.75, 3.05) is 32.1 Å². The van der Waals surface area contributed by atoms with Gasteiger partial charge in [0.2, 0.25) is 11.8 Å². The zero-order chi connectivity index (χ0) is 27.0. The Kier molecular flexibility index (Phi) is 7.23. The molecular weight excluding hydrogens is 483 g/mol. The molecule has 0 radical (unpaired) electrons. The number of fused-ring (bicyclic) bond motifs is 1. The van der Waals surface area contributed by atoms with Gasteiger partial charge in [0.05, 0.1) is 19.3 Å². The van der Waals surface area contributed by atoms with Gasteiger partial charge >= 0.3 is 0 Å². The second-order valence-electron chi connectivity index (χ2n) is 10.5. The zero-order valence-corrected chi connectivity index (χ0v) is 22.5. The first-order valence-electron chi connectivity index (χ1n) is 13.3. The standard InChI is InChI=1S/C30H35FN4O3/c1-19(22-13-15-34(16-14-22)20(2)36)30-26(18-35(32-30)17-21-5-7-23(38-4)8-6-21)24-9-11-27-25(29(24)31)10-12-28(37)33(27)3/h5-9,11,18-19,22H,10,12-17H2,1-4H3. The van der Waals surface area contributed by atoms with Gasteiger partial charge in [-0.1, -0.05) is 19.1 Å².